The summed E-state index contributed by atoms with van der Waals surface area (Å²) in [5.74, 6) is 4.15. The Labute approximate surface area is 127 Å². The highest BCUT2D eigenvalue weighted by molar-refractivity contribution is 8.13. The van der Waals surface area contributed by atoms with Gasteiger partial charge in [-0.2, -0.15) is 26.3 Å². The van der Waals surface area contributed by atoms with Gasteiger partial charge in [-0.1, -0.05) is 0 Å². The van der Waals surface area contributed by atoms with Crippen LogP contribution >= 0.6 is 0 Å². The van der Waals surface area contributed by atoms with E-state index in [2.05, 4.69) is 20.8 Å². The lowest BCUT2D eigenvalue weighted by atomic mass is 10.9. The van der Waals surface area contributed by atoms with Crippen molar-refractivity contribution in [2.24, 2.45) is 0 Å². The molecule has 0 spiro atoms. The number of hydrogen-bond acceptors (Lipinski definition) is 4. The van der Waals surface area contributed by atoms with Crippen LogP contribution in [0.3, 0.4) is 0 Å². The second kappa shape index (κ2) is 8.59. The van der Waals surface area contributed by atoms with Gasteiger partial charge in [-0.05, 0) is 31.7 Å². The van der Waals surface area contributed by atoms with Crippen molar-refractivity contribution in [1.29, 1.82) is 0 Å². The van der Waals surface area contributed by atoms with Crippen LogP contribution in [0.2, 0.25) is 0 Å². The molecular weight excluding hydrogens is 384 g/mol. The van der Waals surface area contributed by atoms with Crippen LogP contribution in [0.5, 0.6) is 0 Å². The molecule has 0 aliphatic carbocycles. The second-order valence-electron chi connectivity index (χ2n) is 3.39. The highest BCUT2D eigenvalue weighted by atomic mass is 32.3. The summed E-state index contributed by atoms with van der Waals surface area (Å²) in [5, 5.41) is 0. The van der Waals surface area contributed by atoms with Crippen molar-refractivity contribution in [3.05, 3.63) is 4.13 Å². The molecule has 14 heteroatoms. The predicted molar refractivity (Wildman–Crippen MR) is 72.3 cm³/mol. The van der Waals surface area contributed by atoms with Gasteiger partial charge in [0.15, 0.2) is 20.0 Å². The predicted octanol–water partition coefficient (Wildman–Crippen LogP) is 2.72. The molecule has 0 aliphatic heterocycles. The lowest BCUT2D eigenvalue weighted by Crippen LogP contribution is -2.30. The Morgan fingerprint density at radius 3 is 1.05 bits per heavy atom. The molecule has 0 saturated carbocycles. The van der Waals surface area contributed by atoms with Gasteiger partial charge >= 0.3 is 11.0 Å². The maximum atomic E-state index is 11.4. The van der Waals surface area contributed by atoms with Crippen molar-refractivity contribution in [2.75, 3.05) is 17.3 Å². The first kappa shape index (κ1) is 24.0. The topological polar surface area (TPSA) is 82.4 Å². The van der Waals surface area contributed by atoms with E-state index in [9.17, 15) is 43.2 Å². The van der Waals surface area contributed by atoms with Crippen molar-refractivity contribution in [2.45, 2.75) is 31.8 Å². The average Bonchev–Trinajstić information content (AvgIpc) is 2.27. The molecular formula is C8H15F6NO4S3. The first-order valence-corrected chi connectivity index (χ1v) is 10.2. The summed E-state index contributed by atoms with van der Waals surface area (Å²) in [6.07, 6.45) is 0. The van der Waals surface area contributed by atoms with Crippen molar-refractivity contribution in [1.82, 2.24) is 0 Å². The zero-order chi connectivity index (χ0) is 18.4. The third kappa shape index (κ3) is 7.87. The monoisotopic (exact) mass is 399 g/mol. The Morgan fingerprint density at radius 2 is 0.955 bits per heavy atom. The summed E-state index contributed by atoms with van der Waals surface area (Å²) in [6.45, 7) is 6.82. The molecule has 0 aromatic rings. The molecule has 0 radical (unpaired) electrons. The Bertz CT molecular complexity index is 474. The lowest BCUT2D eigenvalue weighted by molar-refractivity contribution is -0.0444. The maximum absolute atomic E-state index is 11.4. The largest absolute Gasteiger partial charge is 0.480 e. The van der Waals surface area contributed by atoms with E-state index in [0.29, 0.717) is 0 Å². The first-order chi connectivity index (χ1) is 9.55. The fourth-order valence-corrected chi connectivity index (χ4v) is 3.76. The standard InChI is InChI=1S/C6H15S.C2F6NO4S2/c1-4-7(5-2)6-3;3-1(4,5)14(10,11)9-15(12,13)2(6,7)8/h4-6H2,1-3H3;/q+1;-1. The summed E-state index contributed by atoms with van der Waals surface area (Å²) in [4.78, 5) is 0. The normalized spacial score (nSPS) is 13.7. The molecule has 22 heavy (non-hydrogen) atoms. The third-order valence-corrected chi connectivity index (χ3v) is 7.20. The van der Waals surface area contributed by atoms with Crippen molar-refractivity contribution >= 4 is 30.9 Å². The van der Waals surface area contributed by atoms with Gasteiger partial charge in [0.1, 0.15) is 17.3 Å². The van der Waals surface area contributed by atoms with Crippen LogP contribution in [0.4, 0.5) is 26.3 Å². The van der Waals surface area contributed by atoms with Gasteiger partial charge in [-0.3, -0.25) is 0 Å². The van der Waals surface area contributed by atoms with Crippen LogP contribution < -0.4 is 0 Å². The van der Waals surface area contributed by atoms with Gasteiger partial charge in [0.05, 0.1) is 0 Å². The Balaban J connectivity index is 0. The summed E-state index contributed by atoms with van der Waals surface area (Å²) in [6, 6.07) is 0. The summed E-state index contributed by atoms with van der Waals surface area (Å²) >= 11 is 0. The number of nitrogens with zero attached hydrogens (tertiary/aromatic N) is 1. The van der Waals surface area contributed by atoms with Gasteiger partial charge in [-0.15, -0.1) is 0 Å². The molecule has 0 N–H and O–H groups in total. The lowest BCUT2D eigenvalue weighted by Gasteiger charge is -2.22. The number of rotatable bonds is 5. The molecule has 0 heterocycles. The number of sulfonamides is 2. The first-order valence-electron chi connectivity index (χ1n) is 5.56. The van der Waals surface area contributed by atoms with E-state index in [-0.39, 0.29) is 0 Å². The summed E-state index contributed by atoms with van der Waals surface area (Å²) in [7, 11) is -12.7. The Kier molecular flexibility index (Phi) is 9.39. The highest BCUT2D eigenvalue weighted by Crippen LogP contribution is 2.36. The molecule has 0 amide bonds. The highest BCUT2D eigenvalue weighted by Gasteiger charge is 2.46. The van der Waals surface area contributed by atoms with E-state index in [1.54, 1.807) is 0 Å². The molecule has 5 nitrogen and oxygen atoms in total. The van der Waals surface area contributed by atoms with Crippen LogP contribution in [0.25, 0.3) is 4.13 Å². The molecule has 0 saturated heterocycles. The van der Waals surface area contributed by atoms with Crippen LogP contribution in [0.1, 0.15) is 20.8 Å². The minimum absolute atomic E-state index is 0.755. The molecule has 0 aromatic carbocycles. The fraction of sp³-hybridized carbons (Fsp3) is 1.00. The van der Waals surface area contributed by atoms with Crippen LogP contribution in [-0.2, 0) is 30.9 Å². The molecule has 0 rings (SSSR count). The van der Waals surface area contributed by atoms with Crippen molar-refractivity contribution in [3.63, 3.8) is 0 Å². The van der Waals surface area contributed by atoms with Gasteiger partial charge in [0.2, 0.25) is 0 Å². The van der Waals surface area contributed by atoms with Crippen molar-refractivity contribution < 1.29 is 43.2 Å². The van der Waals surface area contributed by atoms with Crippen LogP contribution in [0.15, 0.2) is 0 Å². The number of alkyl halides is 6. The van der Waals surface area contributed by atoms with Gasteiger partial charge in [0, 0.05) is 0 Å². The smallest absolute Gasteiger partial charge is 0.421 e. The molecule has 0 aliphatic rings. The van der Waals surface area contributed by atoms with E-state index >= 15 is 0 Å². The Hall–Kier alpha value is -0.210. The van der Waals surface area contributed by atoms with Gasteiger partial charge in [-0.25, -0.2) is 16.8 Å². The second-order valence-corrected chi connectivity index (χ2v) is 9.77. The van der Waals surface area contributed by atoms with Crippen LogP contribution in [0, 0.1) is 0 Å². The molecule has 0 unspecified atom stereocenters. The molecule has 136 valence electrons. The third-order valence-electron chi connectivity index (χ3n) is 2.01. The minimum Gasteiger partial charge on any atom is -0.421 e. The fourth-order valence-electron chi connectivity index (χ4n) is 0.826. The zero-order valence-corrected chi connectivity index (χ0v) is 14.1. The quantitative estimate of drug-likeness (QED) is 0.526. The minimum atomic E-state index is -6.72. The number of hydrogen-bond donors (Lipinski definition) is 0. The average molecular weight is 399 g/mol. The summed E-state index contributed by atoms with van der Waals surface area (Å²) in [5.41, 5.74) is -12.4. The Morgan fingerprint density at radius 1 is 0.727 bits per heavy atom. The molecule has 0 atom stereocenters. The molecule has 0 fully saturated rings. The SMILES string of the molecule is CC[S+](CC)CC.O=S(=O)([N-]S(=O)(=O)C(F)(F)F)C(F)(F)F. The van der Waals surface area contributed by atoms with E-state index in [4.69, 9.17) is 0 Å². The zero-order valence-electron chi connectivity index (χ0n) is 11.7. The van der Waals surface area contributed by atoms with Gasteiger partial charge < -0.3 is 4.13 Å². The maximum Gasteiger partial charge on any atom is 0.480 e. The molecule has 0 aromatic heterocycles. The van der Waals surface area contributed by atoms with Gasteiger partial charge in [0.25, 0.3) is 0 Å². The van der Waals surface area contributed by atoms with Crippen molar-refractivity contribution in [3.8, 4) is 0 Å². The number of halogens is 6. The van der Waals surface area contributed by atoms with E-state index in [1.165, 1.54) is 17.3 Å². The van der Waals surface area contributed by atoms with Crippen LogP contribution in [-0.4, -0.2) is 45.1 Å². The van der Waals surface area contributed by atoms with E-state index in [0.717, 1.165) is 15.0 Å². The summed E-state index contributed by atoms with van der Waals surface area (Å²) < 4.78 is 109. The molecule has 0 bridgehead atoms. The van der Waals surface area contributed by atoms with E-state index in [1.807, 2.05) is 0 Å². The van der Waals surface area contributed by atoms with E-state index < -0.39 is 31.1 Å².